The number of nitrogens with two attached hydrogens (primary N) is 1. The molecule has 2 unspecified atom stereocenters. The second kappa shape index (κ2) is 8.41. The standard InChI is InChI=1S/C22H26N8OS/c1-32(31)13-14-8-18(4-5-19(14)29-7-6-16(24)12-29)26-20-9-21(27-17-2-3-17)30-22(28-20)15(10-23)11-25-30/h4-5,8-9,11,16-17,27H,2-3,6-7,12-13,24H2,1H3,(H,26,28). The summed E-state index contributed by atoms with van der Waals surface area (Å²) in [5.41, 5.74) is 9.99. The zero-order chi connectivity index (χ0) is 22.2. The van der Waals surface area contributed by atoms with E-state index in [1.807, 2.05) is 18.2 Å². The van der Waals surface area contributed by atoms with E-state index in [1.165, 1.54) is 6.20 Å². The number of hydrogen-bond donors (Lipinski definition) is 3. The van der Waals surface area contributed by atoms with Gasteiger partial charge in [-0.3, -0.25) is 4.21 Å². The van der Waals surface area contributed by atoms with Gasteiger partial charge in [-0.2, -0.15) is 14.9 Å². The molecule has 0 radical (unpaired) electrons. The summed E-state index contributed by atoms with van der Waals surface area (Å²) in [4.78, 5) is 6.90. The Kier molecular flexibility index (Phi) is 5.45. The van der Waals surface area contributed by atoms with Crippen LogP contribution in [0.25, 0.3) is 5.65 Å². The average Bonchev–Trinajstić information content (AvgIpc) is 3.30. The Morgan fingerprint density at radius 3 is 2.84 bits per heavy atom. The predicted molar refractivity (Wildman–Crippen MR) is 127 cm³/mol. The third-order valence-corrected chi connectivity index (χ3v) is 6.52. The van der Waals surface area contributed by atoms with E-state index in [0.29, 0.717) is 28.8 Å². The first-order chi connectivity index (χ1) is 15.5. The lowest BCUT2D eigenvalue weighted by atomic mass is 10.1. The molecular formula is C22H26N8OS. The molecule has 166 valence electrons. The Hall–Kier alpha value is -3.16. The summed E-state index contributed by atoms with van der Waals surface area (Å²) in [6.45, 7) is 1.71. The van der Waals surface area contributed by atoms with Gasteiger partial charge in [0.15, 0.2) is 5.65 Å². The highest BCUT2D eigenvalue weighted by atomic mass is 32.2. The molecule has 0 spiro atoms. The van der Waals surface area contributed by atoms with Gasteiger partial charge in [-0.15, -0.1) is 0 Å². The van der Waals surface area contributed by atoms with Gasteiger partial charge in [0.25, 0.3) is 0 Å². The number of hydrogen-bond acceptors (Lipinski definition) is 8. The van der Waals surface area contributed by atoms with Gasteiger partial charge in [-0.1, -0.05) is 0 Å². The lowest BCUT2D eigenvalue weighted by molar-refractivity contribution is 0.686. The molecule has 0 bridgehead atoms. The Balaban J connectivity index is 1.48. The van der Waals surface area contributed by atoms with E-state index >= 15 is 0 Å². The van der Waals surface area contributed by atoms with Crippen LogP contribution < -0.4 is 21.3 Å². The molecule has 1 aliphatic heterocycles. The molecule has 1 saturated carbocycles. The first-order valence-corrected chi connectivity index (χ1v) is 12.5. The van der Waals surface area contributed by atoms with Crippen LogP contribution in [0.3, 0.4) is 0 Å². The van der Waals surface area contributed by atoms with Crippen molar-refractivity contribution >= 4 is 39.5 Å². The summed E-state index contributed by atoms with van der Waals surface area (Å²) >= 11 is 0. The highest BCUT2D eigenvalue weighted by Gasteiger charge is 2.24. The average molecular weight is 451 g/mol. The van der Waals surface area contributed by atoms with Crippen LogP contribution in [-0.4, -0.2) is 50.2 Å². The fraction of sp³-hybridized carbons (Fsp3) is 0.409. The molecule has 2 atom stereocenters. The number of fused-ring (bicyclic) bond motifs is 1. The highest BCUT2D eigenvalue weighted by Crippen LogP contribution is 2.31. The molecule has 2 aromatic heterocycles. The maximum absolute atomic E-state index is 12.0. The third kappa shape index (κ3) is 4.26. The number of anilines is 4. The Morgan fingerprint density at radius 2 is 2.16 bits per heavy atom. The van der Waals surface area contributed by atoms with E-state index < -0.39 is 10.8 Å². The molecule has 32 heavy (non-hydrogen) atoms. The largest absolute Gasteiger partial charge is 0.370 e. The number of aromatic nitrogens is 3. The molecular weight excluding hydrogens is 424 g/mol. The van der Waals surface area contributed by atoms with Gasteiger partial charge < -0.3 is 21.3 Å². The zero-order valence-corrected chi connectivity index (χ0v) is 18.7. The summed E-state index contributed by atoms with van der Waals surface area (Å²) in [6, 6.07) is 10.8. The minimum Gasteiger partial charge on any atom is -0.370 e. The summed E-state index contributed by atoms with van der Waals surface area (Å²) in [5, 5.41) is 20.6. The Bertz CT molecular complexity index is 1230. The molecule has 3 aromatic rings. The topological polar surface area (TPSA) is 124 Å². The van der Waals surface area contributed by atoms with Crippen molar-refractivity contribution < 1.29 is 4.21 Å². The molecule has 1 aromatic carbocycles. The Labute approximate surface area is 189 Å². The van der Waals surface area contributed by atoms with Gasteiger partial charge >= 0.3 is 0 Å². The van der Waals surface area contributed by atoms with Crippen molar-refractivity contribution in [3.8, 4) is 6.07 Å². The van der Waals surface area contributed by atoms with Crippen molar-refractivity contribution in [3.05, 3.63) is 41.6 Å². The van der Waals surface area contributed by atoms with Gasteiger partial charge in [0.05, 0.1) is 11.9 Å². The molecule has 1 saturated heterocycles. The number of rotatable bonds is 7. The predicted octanol–water partition coefficient (Wildman–Crippen LogP) is 2.33. The smallest absolute Gasteiger partial charge is 0.177 e. The van der Waals surface area contributed by atoms with Crippen LogP contribution in [0, 0.1) is 11.3 Å². The van der Waals surface area contributed by atoms with Crippen molar-refractivity contribution in [2.75, 3.05) is 34.9 Å². The van der Waals surface area contributed by atoms with Gasteiger partial charge in [-0.05, 0) is 43.0 Å². The molecule has 9 nitrogen and oxygen atoms in total. The van der Waals surface area contributed by atoms with Gasteiger partial charge in [0.2, 0.25) is 0 Å². The van der Waals surface area contributed by atoms with E-state index in [-0.39, 0.29) is 6.04 Å². The van der Waals surface area contributed by atoms with Gasteiger partial charge in [-0.25, -0.2) is 4.98 Å². The number of benzene rings is 1. The number of nitrogens with one attached hydrogen (secondary N) is 2. The van der Waals surface area contributed by atoms with Crippen LogP contribution >= 0.6 is 0 Å². The maximum atomic E-state index is 12.0. The fourth-order valence-electron chi connectivity index (χ4n) is 4.11. The van der Waals surface area contributed by atoms with Crippen molar-refractivity contribution in [2.45, 2.75) is 37.1 Å². The van der Waals surface area contributed by atoms with Crippen molar-refractivity contribution in [2.24, 2.45) is 5.73 Å². The Morgan fingerprint density at radius 1 is 1.31 bits per heavy atom. The second-order valence-electron chi connectivity index (χ2n) is 8.53. The summed E-state index contributed by atoms with van der Waals surface area (Å²) < 4.78 is 13.7. The summed E-state index contributed by atoms with van der Waals surface area (Å²) in [7, 11) is -0.970. The second-order valence-corrected chi connectivity index (χ2v) is 9.97. The van der Waals surface area contributed by atoms with Crippen LogP contribution in [0.2, 0.25) is 0 Å². The minimum absolute atomic E-state index is 0.172. The molecule has 1 aliphatic carbocycles. The van der Waals surface area contributed by atoms with Crippen LogP contribution in [0.15, 0.2) is 30.5 Å². The monoisotopic (exact) mass is 450 g/mol. The van der Waals surface area contributed by atoms with Crippen LogP contribution in [0.4, 0.5) is 23.0 Å². The van der Waals surface area contributed by atoms with E-state index in [4.69, 9.17) is 5.73 Å². The quantitative estimate of drug-likeness (QED) is 0.501. The first-order valence-electron chi connectivity index (χ1n) is 10.8. The minimum atomic E-state index is -0.970. The van der Waals surface area contributed by atoms with Crippen molar-refractivity contribution in [1.82, 2.24) is 14.6 Å². The molecule has 5 rings (SSSR count). The first kappa shape index (κ1) is 20.7. The molecule has 3 heterocycles. The SMILES string of the molecule is CS(=O)Cc1cc(Nc2cc(NC3CC3)n3ncc(C#N)c3n2)ccc1N1CCC(N)C1. The van der Waals surface area contributed by atoms with E-state index in [2.05, 4.69) is 37.8 Å². The maximum Gasteiger partial charge on any atom is 0.177 e. The highest BCUT2D eigenvalue weighted by molar-refractivity contribution is 7.83. The van der Waals surface area contributed by atoms with Crippen LogP contribution in [-0.2, 0) is 16.6 Å². The fourth-order valence-corrected chi connectivity index (χ4v) is 4.77. The molecule has 2 aliphatic rings. The molecule has 0 amide bonds. The van der Waals surface area contributed by atoms with Crippen molar-refractivity contribution in [1.29, 1.82) is 5.26 Å². The zero-order valence-electron chi connectivity index (χ0n) is 17.9. The van der Waals surface area contributed by atoms with E-state index in [1.54, 1.807) is 10.8 Å². The molecule has 10 heteroatoms. The van der Waals surface area contributed by atoms with E-state index in [9.17, 15) is 9.47 Å². The molecule has 4 N–H and O–H groups in total. The third-order valence-electron chi connectivity index (χ3n) is 5.80. The number of nitriles is 1. The lowest BCUT2D eigenvalue weighted by Gasteiger charge is -2.22. The number of nitrogens with zero attached hydrogens (tertiary/aromatic N) is 5. The van der Waals surface area contributed by atoms with E-state index in [0.717, 1.165) is 55.1 Å². The van der Waals surface area contributed by atoms with Crippen molar-refractivity contribution in [3.63, 3.8) is 0 Å². The van der Waals surface area contributed by atoms with Crippen LogP contribution in [0.5, 0.6) is 0 Å². The lowest BCUT2D eigenvalue weighted by Crippen LogP contribution is -2.27. The summed E-state index contributed by atoms with van der Waals surface area (Å²) in [6.07, 6.45) is 6.46. The summed E-state index contributed by atoms with van der Waals surface area (Å²) in [5.74, 6) is 1.90. The molecule has 2 fully saturated rings. The van der Waals surface area contributed by atoms with Crippen LogP contribution in [0.1, 0.15) is 30.4 Å². The normalized spacial score (nSPS) is 19.2. The van der Waals surface area contributed by atoms with Gasteiger partial charge in [0.1, 0.15) is 23.3 Å². The van der Waals surface area contributed by atoms with Gasteiger partial charge in [0, 0.05) is 59.7 Å².